The molecule has 0 unspecified atom stereocenters. The molecule has 6 heteroatoms. The molecule has 0 saturated carbocycles. The Labute approximate surface area is 132 Å². The van der Waals surface area contributed by atoms with Crippen LogP contribution in [0.2, 0.25) is 0 Å². The highest BCUT2D eigenvalue weighted by Gasteiger charge is 2.12. The summed E-state index contributed by atoms with van der Waals surface area (Å²) in [5.74, 6) is 0. The van der Waals surface area contributed by atoms with Crippen molar-refractivity contribution in [2.24, 2.45) is 0 Å². The van der Waals surface area contributed by atoms with Crippen LogP contribution in [0, 0.1) is 10.1 Å². The number of nitrogens with zero attached hydrogens (tertiary/aromatic N) is 2. The second kappa shape index (κ2) is 5.72. The number of rotatable bonds is 4. The molecule has 0 aliphatic carbocycles. The smallest absolute Gasteiger partial charge is 0.271 e. The van der Waals surface area contributed by atoms with Crippen molar-refractivity contribution in [1.82, 2.24) is 4.98 Å². The topological polar surface area (TPSA) is 79.2 Å². The van der Waals surface area contributed by atoms with Crippen LogP contribution in [0.1, 0.15) is 13.8 Å². The second-order valence-electron chi connectivity index (χ2n) is 5.34. The number of fused-ring (bicyclic) bond motifs is 2. The van der Waals surface area contributed by atoms with E-state index in [0.717, 1.165) is 18.8 Å². The number of nitro benzene ring substituents is 1. The minimum absolute atomic E-state index is 0.0348. The van der Waals surface area contributed by atoms with Gasteiger partial charge in [-0.2, -0.15) is 0 Å². The molecular weight excluding hydrogens is 294 g/mol. The number of nitrogens with one attached hydrogen (secondary N) is 1. The van der Waals surface area contributed by atoms with E-state index in [9.17, 15) is 14.9 Å². The number of pyridine rings is 1. The summed E-state index contributed by atoms with van der Waals surface area (Å²) in [6.45, 7) is 5.87. The predicted molar refractivity (Wildman–Crippen MR) is 92.3 cm³/mol. The standard InChI is InChI=1S/C17H17N3O3/c1-3-19(4-2)11-5-7-13-15(9-11)18-16-10-12(20(22)23)6-8-14(16)17(13)21/h5-10H,3-4H2,1-2H3,(H,18,21). The quantitative estimate of drug-likeness (QED) is 0.455. The van der Waals surface area contributed by atoms with Crippen molar-refractivity contribution < 1.29 is 4.92 Å². The molecule has 0 aliphatic rings. The van der Waals surface area contributed by atoms with Crippen LogP contribution in [-0.4, -0.2) is 23.0 Å². The highest BCUT2D eigenvalue weighted by Crippen LogP contribution is 2.23. The third-order valence-corrected chi connectivity index (χ3v) is 4.10. The number of benzene rings is 2. The summed E-state index contributed by atoms with van der Waals surface area (Å²) >= 11 is 0. The molecule has 3 aromatic rings. The molecule has 0 atom stereocenters. The van der Waals surface area contributed by atoms with Crippen LogP contribution in [0.3, 0.4) is 0 Å². The minimum Gasteiger partial charge on any atom is -0.372 e. The molecule has 0 bridgehead atoms. The first-order valence-electron chi connectivity index (χ1n) is 7.54. The number of non-ortho nitro benzene ring substituents is 1. The van der Waals surface area contributed by atoms with Gasteiger partial charge in [-0.15, -0.1) is 0 Å². The van der Waals surface area contributed by atoms with Crippen LogP contribution in [0.15, 0.2) is 41.2 Å². The van der Waals surface area contributed by atoms with Gasteiger partial charge in [0.05, 0.1) is 16.0 Å². The molecule has 0 radical (unpaired) electrons. The van der Waals surface area contributed by atoms with Crippen molar-refractivity contribution in [3.8, 4) is 0 Å². The van der Waals surface area contributed by atoms with E-state index in [1.54, 1.807) is 0 Å². The van der Waals surface area contributed by atoms with Crippen LogP contribution >= 0.6 is 0 Å². The molecule has 1 N–H and O–H groups in total. The van der Waals surface area contributed by atoms with Crippen LogP contribution in [0.4, 0.5) is 11.4 Å². The van der Waals surface area contributed by atoms with Crippen LogP contribution < -0.4 is 10.3 Å². The highest BCUT2D eigenvalue weighted by molar-refractivity contribution is 5.94. The zero-order valence-corrected chi connectivity index (χ0v) is 13.0. The summed E-state index contributed by atoms with van der Waals surface area (Å²) in [6.07, 6.45) is 0. The molecule has 2 aromatic carbocycles. The summed E-state index contributed by atoms with van der Waals surface area (Å²) in [4.78, 5) is 28.4. The molecule has 0 saturated heterocycles. The third kappa shape index (κ3) is 2.52. The Kier molecular flexibility index (Phi) is 3.73. The van der Waals surface area contributed by atoms with Gasteiger partial charge in [-0.25, -0.2) is 0 Å². The van der Waals surface area contributed by atoms with Crippen molar-refractivity contribution in [3.63, 3.8) is 0 Å². The Morgan fingerprint density at radius 2 is 1.65 bits per heavy atom. The first-order valence-corrected chi connectivity index (χ1v) is 7.54. The van der Waals surface area contributed by atoms with E-state index < -0.39 is 4.92 Å². The zero-order chi connectivity index (χ0) is 16.6. The fraction of sp³-hybridized carbons (Fsp3) is 0.235. The summed E-state index contributed by atoms with van der Waals surface area (Å²) in [5.41, 5.74) is 2.03. The number of aromatic amines is 1. The van der Waals surface area contributed by atoms with Gasteiger partial charge in [0.2, 0.25) is 0 Å². The van der Waals surface area contributed by atoms with Gasteiger partial charge in [0.25, 0.3) is 5.69 Å². The Morgan fingerprint density at radius 1 is 1.04 bits per heavy atom. The normalized spacial score (nSPS) is 11.0. The van der Waals surface area contributed by atoms with E-state index in [-0.39, 0.29) is 11.1 Å². The lowest BCUT2D eigenvalue weighted by atomic mass is 10.1. The van der Waals surface area contributed by atoms with Crippen molar-refractivity contribution in [2.45, 2.75) is 13.8 Å². The SMILES string of the molecule is CCN(CC)c1ccc2c(=O)c3ccc([N+](=O)[O-])cc3[nH]c2c1. The first-order chi connectivity index (χ1) is 11.0. The average molecular weight is 311 g/mol. The fourth-order valence-electron chi connectivity index (χ4n) is 2.86. The molecule has 6 nitrogen and oxygen atoms in total. The van der Waals surface area contributed by atoms with Gasteiger partial charge < -0.3 is 9.88 Å². The van der Waals surface area contributed by atoms with Crippen molar-refractivity contribution >= 4 is 33.2 Å². The maximum absolute atomic E-state index is 12.6. The second-order valence-corrected chi connectivity index (χ2v) is 5.34. The maximum Gasteiger partial charge on any atom is 0.271 e. The zero-order valence-electron chi connectivity index (χ0n) is 13.0. The summed E-state index contributed by atoms with van der Waals surface area (Å²) in [6, 6.07) is 9.92. The number of hydrogen-bond donors (Lipinski definition) is 1. The number of nitro groups is 1. The molecule has 0 fully saturated rings. The Bertz CT molecular complexity index is 958. The predicted octanol–water partition coefficient (Wildman–Crippen LogP) is 3.44. The lowest BCUT2D eigenvalue weighted by Crippen LogP contribution is -2.21. The van der Waals surface area contributed by atoms with Crippen LogP contribution in [0.25, 0.3) is 21.8 Å². The van der Waals surface area contributed by atoms with Crippen LogP contribution in [-0.2, 0) is 0 Å². The van der Waals surface area contributed by atoms with Gasteiger partial charge >= 0.3 is 0 Å². The Hall–Kier alpha value is -2.89. The highest BCUT2D eigenvalue weighted by atomic mass is 16.6. The third-order valence-electron chi connectivity index (χ3n) is 4.10. The summed E-state index contributed by atoms with van der Waals surface area (Å²) in [5, 5.41) is 12.0. The Balaban J connectivity index is 2.28. The average Bonchev–Trinajstić information content (AvgIpc) is 2.55. The van der Waals surface area contributed by atoms with E-state index in [1.807, 2.05) is 18.2 Å². The van der Waals surface area contributed by atoms with E-state index in [1.165, 1.54) is 18.2 Å². The van der Waals surface area contributed by atoms with Crippen molar-refractivity contribution in [2.75, 3.05) is 18.0 Å². The van der Waals surface area contributed by atoms with E-state index in [0.29, 0.717) is 21.8 Å². The van der Waals surface area contributed by atoms with E-state index >= 15 is 0 Å². The minimum atomic E-state index is -0.464. The van der Waals surface area contributed by atoms with Gasteiger partial charge in [0.1, 0.15) is 0 Å². The molecule has 23 heavy (non-hydrogen) atoms. The largest absolute Gasteiger partial charge is 0.372 e. The monoisotopic (exact) mass is 311 g/mol. The van der Waals surface area contributed by atoms with Crippen LogP contribution in [0.5, 0.6) is 0 Å². The number of anilines is 1. The molecule has 0 aliphatic heterocycles. The molecule has 3 rings (SSSR count). The van der Waals surface area contributed by atoms with Crippen molar-refractivity contribution in [3.05, 3.63) is 56.7 Å². The van der Waals surface area contributed by atoms with Gasteiger partial charge in [-0.05, 0) is 38.1 Å². The van der Waals surface area contributed by atoms with Crippen molar-refractivity contribution in [1.29, 1.82) is 0 Å². The lowest BCUT2D eigenvalue weighted by Gasteiger charge is -2.21. The maximum atomic E-state index is 12.6. The summed E-state index contributed by atoms with van der Waals surface area (Å²) in [7, 11) is 0. The van der Waals surface area contributed by atoms with E-state index in [4.69, 9.17) is 0 Å². The molecule has 1 aromatic heterocycles. The van der Waals surface area contributed by atoms with Gasteiger partial charge in [0, 0.05) is 41.7 Å². The molecular formula is C17H17N3O3. The summed E-state index contributed by atoms with van der Waals surface area (Å²) < 4.78 is 0. The molecule has 1 heterocycles. The van der Waals surface area contributed by atoms with Gasteiger partial charge in [-0.1, -0.05) is 0 Å². The lowest BCUT2D eigenvalue weighted by molar-refractivity contribution is -0.384. The van der Waals surface area contributed by atoms with Gasteiger partial charge in [-0.3, -0.25) is 14.9 Å². The number of hydrogen-bond acceptors (Lipinski definition) is 4. The molecule has 0 spiro atoms. The molecule has 0 amide bonds. The van der Waals surface area contributed by atoms with Gasteiger partial charge in [0.15, 0.2) is 5.43 Å². The molecule has 118 valence electrons. The fourth-order valence-corrected chi connectivity index (χ4v) is 2.86. The number of aromatic nitrogens is 1. The Morgan fingerprint density at radius 3 is 2.26 bits per heavy atom. The van der Waals surface area contributed by atoms with E-state index in [2.05, 4.69) is 23.7 Å². The number of H-pyrrole nitrogens is 1. The first kappa shape index (κ1) is 15.0.